The van der Waals surface area contributed by atoms with Crippen molar-refractivity contribution in [2.45, 2.75) is 33.0 Å². The molecule has 1 aromatic heterocycles. The third-order valence-corrected chi connectivity index (χ3v) is 2.83. The smallest absolute Gasteiger partial charge is 0.123 e. The lowest BCUT2D eigenvalue weighted by Gasteiger charge is -2.12. The normalized spacial score (nSPS) is 11.1. The van der Waals surface area contributed by atoms with E-state index in [4.69, 9.17) is 0 Å². The zero-order valence-corrected chi connectivity index (χ0v) is 10.7. The summed E-state index contributed by atoms with van der Waals surface area (Å²) in [5.41, 5.74) is 2.09. The predicted molar refractivity (Wildman–Crippen MR) is 69.6 cm³/mol. The molecule has 0 amide bonds. The van der Waals surface area contributed by atoms with Crippen molar-refractivity contribution in [3.05, 3.63) is 53.9 Å². The molecule has 1 heterocycles. The molecular formula is C14H18FN3. The molecule has 0 aliphatic heterocycles. The molecule has 0 saturated heterocycles. The van der Waals surface area contributed by atoms with E-state index >= 15 is 0 Å². The zero-order chi connectivity index (χ0) is 13.0. The first-order valence-electron chi connectivity index (χ1n) is 6.12. The summed E-state index contributed by atoms with van der Waals surface area (Å²) in [6, 6.07) is 7.04. The highest BCUT2D eigenvalue weighted by Gasteiger charge is 2.04. The van der Waals surface area contributed by atoms with Crippen molar-refractivity contribution in [2.75, 3.05) is 0 Å². The first-order valence-corrected chi connectivity index (χ1v) is 6.12. The van der Waals surface area contributed by atoms with Gasteiger partial charge in [-0.1, -0.05) is 12.1 Å². The summed E-state index contributed by atoms with van der Waals surface area (Å²) in [6.07, 6.45) is 3.70. The predicted octanol–water partition coefficient (Wildman–Crippen LogP) is 2.89. The summed E-state index contributed by atoms with van der Waals surface area (Å²) in [5, 5.41) is 3.30. The average molecular weight is 247 g/mol. The van der Waals surface area contributed by atoms with Crippen molar-refractivity contribution < 1.29 is 4.39 Å². The van der Waals surface area contributed by atoms with Crippen LogP contribution in [0.3, 0.4) is 0 Å². The number of benzene rings is 1. The second-order valence-corrected chi connectivity index (χ2v) is 4.62. The van der Waals surface area contributed by atoms with Crippen molar-refractivity contribution in [2.24, 2.45) is 0 Å². The number of nitrogens with one attached hydrogen (secondary N) is 1. The number of nitrogens with zero attached hydrogens (tertiary/aromatic N) is 2. The van der Waals surface area contributed by atoms with Gasteiger partial charge in [0.15, 0.2) is 0 Å². The Morgan fingerprint density at radius 2 is 2.17 bits per heavy atom. The van der Waals surface area contributed by atoms with E-state index in [1.54, 1.807) is 12.1 Å². The lowest BCUT2D eigenvalue weighted by Crippen LogP contribution is -2.16. The largest absolute Gasteiger partial charge is 0.331 e. The third-order valence-electron chi connectivity index (χ3n) is 2.83. The highest BCUT2D eigenvalue weighted by molar-refractivity contribution is 5.16. The van der Waals surface area contributed by atoms with Gasteiger partial charge in [0.05, 0.1) is 12.0 Å². The third kappa shape index (κ3) is 3.17. The van der Waals surface area contributed by atoms with Gasteiger partial charge >= 0.3 is 0 Å². The second-order valence-electron chi connectivity index (χ2n) is 4.62. The molecule has 0 radical (unpaired) electrons. The molecule has 3 nitrogen and oxygen atoms in total. The molecule has 0 bridgehead atoms. The fraction of sp³-hybridized carbons (Fsp3) is 0.357. The van der Waals surface area contributed by atoms with Gasteiger partial charge in [-0.05, 0) is 31.5 Å². The Morgan fingerprint density at radius 1 is 1.33 bits per heavy atom. The SMILES string of the molecule is CC(C)n1cncc1CNCc1cccc(F)c1. The van der Waals surface area contributed by atoms with Crippen LogP contribution in [0.2, 0.25) is 0 Å². The molecule has 0 unspecified atom stereocenters. The number of imidazole rings is 1. The van der Waals surface area contributed by atoms with Crippen LogP contribution < -0.4 is 5.32 Å². The van der Waals surface area contributed by atoms with E-state index in [1.165, 1.54) is 6.07 Å². The summed E-state index contributed by atoms with van der Waals surface area (Å²) in [5.74, 6) is -0.193. The molecule has 0 aliphatic carbocycles. The molecule has 96 valence electrons. The maximum absolute atomic E-state index is 13.0. The van der Waals surface area contributed by atoms with Crippen LogP contribution in [0.1, 0.15) is 31.1 Å². The first-order chi connectivity index (χ1) is 8.66. The Balaban J connectivity index is 1.90. The van der Waals surface area contributed by atoms with Gasteiger partial charge in [0.2, 0.25) is 0 Å². The van der Waals surface area contributed by atoms with Crippen LogP contribution in [0.4, 0.5) is 4.39 Å². The summed E-state index contributed by atoms with van der Waals surface area (Å²) >= 11 is 0. The van der Waals surface area contributed by atoms with E-state index in [2.05, 4.69) is 28.7 Å². The highest BCUT2D eigenvalue weighted by atomic mass is 19.1. The minimum Gasteiger partial charge on any atom is -0.331 e. The molecule has 1 aromatic carbocycles. The van der Waals surface area contributed by atoms with Crippen LogP contribution in [-0.4, -0.2) is 9.55 Å². The highest BCUT2D eigenvalue weighted by Crippen LogP contribution is 2.09. The van der Waals surface area contributed by atoms with E-state index in [0.29, 0.717) is 12.6 Å². The molecule has 0 atom stereocenters. The fourth-order valence-corrected chi connectivity index (χ4v) is 1.92. The summed E-state index contributed by atoms with van der Waals surface area (Å²) in [6.45, 7) is 5.63. The molecule has 0 saturated carbocycles. The van der Waals surface area contributed by atoms with Gasteiger partial charge in [0.1, 0.15) is 5.82 Å². The van der Waals surface area contributed by atoms with Gasteiger partial charge < -0.3 is 9.88 Å². The number of hydrogen-bond acceptors (Lipinski definition) is 2. The lowest BCUT2D eigenvalue weighted by molar-refractivity contribution is 0.549. The van der Waals surface area contributed by atoms with Gasteiger partial charge in [-0.3, -0.25) is 0 Å². The topological polar surface area (TPSA) is 29.9 Å². The van der Waals surface area contributed by atoms with Crippen LogP contribution in [0.15, 0.2) is 36.8 Å². The van der Waals surface area contributed by atoms with E-state index in [0.717, 1.165) is 17.8 Å². The maximum Gasteiger partial charge on any atom is 0.123 e. The van der Waals surface area contributed by atoms with E-state index in [9.17, 15) is 4.39 Å². The quantitative estimate of drug-likeness (QED) is 0.880. The Kier molecular flexibility index (Phi) is 4.10. The Bertz CT molecular complexity index is 505. The molecular weight excluding hydrogens is 229 g/mol. The maximum atomic E-state index is 13.0. The Labute approximate surface area is 107 Å². The minimum atomic E-state index is -0.193. The molecule has 0 fully saturated rings. The van der Waals surface area contributed by atoms with Crippen LogP contribution in [-0.2, 0) is 13.1 Å². The monoisotopic (exact) mass is 247 g/mol. The Hall–Kier alpha value is -1.68. The molecule has 1 N–H and O–H groups in total. The van der Waals surface area contributed by atoms with Crippen LogP contribution in [0.5, 0.6) is 0 Å². The van der Waals surface area contributed by atoms with Gasteiger partial charge in [-0.2, -0.15) is 0 Å². The minimum absolute atomic E-state index is 0.193. The Morgan fingerprint density at radius 3 is 2.89 bits per heavy atom. The van der Waals surface area contributed by atoms with Gasteiger partial charge in [0, 0.05) is 25.3 Å². The van der Waals surface area contributed by atoms with Crippen LogP contribution in [0, 0.1) is 5.82 Å². The number of aromatic nitrogens is 2. The molecule has 4 heteroatoms. The number of halogens is 1. The van der Waals surface area contributed by atoms with Crippen molar-refractivity contribution in [1.82, 2.24) is 14.9 Å². The standard InChI is InChI=1S/C14H18FN3/c1-11(2)18-10-17-9-14(18)8-16-7-12-4-3-5-13(15)6-12/h3-6,9-11,16H,7-8H2,1-2H3. The molecule has 18 heavy (non-hydrogen) atoms. The van der Waals surface area contributed by atoms with Gasteiger partial charge in [-0.15, -0.1) is 0 Å². The fourth-order valence-electron chi connectivity index (χ4n) is 1.92. The number of rotatable bonds is 5. The van der Waals surface area contributed by atoms with Crippen LogP contribution >= 0.6 is 0 Å². The van der Waals surface area contributed by atoms with Crippen molar-refractivity contribution in [3.8, 4) is 0 Å². The zero-order valence-electron chi connectivity index (χ0n) is 10.7. The molecule has 2 rings (SSSR count). The second kappa shape index (κ2) is 5.78. The van der Waals surface area contributed by atoms with Crippen molar-refractivity contribution in [3.63, 3.8) is 0 Å². The molecule has 2 aromatic rings. The summed E-state index contributed by atoms with van der Waals surface area (Å²) in [4.78, 5) is 4.15. The number of hydrogen-bond donors (Lipinski definition) is 1. The average Bonchev–Trinajstić information content (AvgIpc) is 2.77. The summed E-state index contributed by atoms with van der Waals surface area (Å²) in [7, 11) is 0. The van der Waals surface area contributed by atoms with Crippen molar-refractivity contribution >= 4 is 0 Å². The van der Waals surface area contributed by atoms with Gasteiger partial charge in [0.25, 0.3) is 0 Å². The van der Waals surface area contributed by atoms with Gasteiger partial charge in [-0.25, -0.2) is 9.37 Å². The summed E-state index contributed by atoms with van der Waals surface area (Å²) < 4.78 is 15.1. The van der Waals surface area contributed by atoms with Crippen LogP contribution in [0.25, 0.3) is 0 Å². The van der Waals surface area contributed by atoms with E-state index < -0.39 is 0 Å². The van der Waals surface area contributed by atoms with E-state index in [1.807, 2.05) is 18.6 Å². The van der Waals surface area contributed by atoms with Crippen molar-refractivity contribution in [1.29, 1.82) is 0 Å². The molecule has 0 aliphatic rings. The first kappa shape index (κ1) is 12.8. The molecule has 0 spiro atoms. The lowest BCUT2D eigenvalue weighted by atomic mass is 10.2. The van der Waals surface area contributed by atoms with E-state index in [-0.39, 0.29) is 5.82 Å².